The van der Waals surface area contributed by atoms with Gasteiger partial charge in [-0.05, 0) is 69.0 Å². The summed E-state index contributed by atoms with van der Waals surface area (Å²) in [5.74, 6) is 1.17. The van der Waals surface area contributed by atoms with Crippen molar-refractivity contribution in [3.63, 3.8) is 0 Å². The smallest absolute Gasteiger partial charge is 0.205 e. The van der Waals surface area contributed by atoms with E-state index in [-0.39, 0.29) is 0 Å². The molecule has 0 spiro atoms. The number of imidazole rings is 1. The number of likely N-dealkylation sites (N-methyl/N-ethyl adjacent to an activating group) is 1. The zero-order valence-electron chi connectivity index (χ0n) is 23.6. The summed E-state index contributed by atoms with van der Waals surface area (Å²) in [7, 11) is 2.22. The Balaban J connectivity index is 1.12. The molecule has 3 aromatic heterocycles. The fourth-order valence-corrected chi connectivity index (χ4v) is 6.77. The Hall–Kier alpha value is -3.66. The number of piperazine rings is 1. The molecule has 0 bridgehead atoms. The van der Waals surface area contributed by atoms with E-state index in [1.165, 1.54) is 39.0 Å². The quantitative estimate of drug-likeness (QED) is 0.239. The minimum atomic E-state index is 0.411. The number of benzene rings is 2. The molecule has 2 aliphatic rings. The number of halogens is 1. The van der Waals surface area contributed by atoms with Gasteiger partial charge in [-0.1, -0.05) is 29.8 Å². The molecule has 41 heavy (non-hydrogen) atoms. The minimum absolute atomic E-state index is 0.411. The molecule has 4 N–H and O–H groups in total. The molecule has 0 radical (unpaired) electrons. The van der Waals surface area contributed by atoms with Gasteiger partial charge in [-0.25, -0.2) is 15.0 Å². The van der Waals surface area contributed by atoms with Crippen molar-refractivity contribution in [2.45, 2.75) is 44.7 Å². The van der Waals surface area contributed by atoms with Gasteiger partial charge in [-0.3, -0.25) is 4.90 Å². The fraction of sp³-hybridized carbons (Fsp3) is 0.387. The molecule has 0 amide bonds. The standard InChI is InChI=1S/C31H36ClN9/c1-19-3-12-25-28(27(19)32)38-31(37-25)36-21-6-4-20(5-7-21)24-17-41(30-26(24)29(33)34-18-35-30)23-10-8-22(9-11-23)40-15-13-39(2)14-16-40/h3-7,12,17-18,22-23H,8-11,13-16H2,1-2H3,(H2,33,34,35)(H2,36,37,38)/t22-,23+. The molecule has 9 nitrogen and oxygen atoms in total. The van der Waals surface area contributed by atoms with E-state index in [1.807, 2.05) is 19.1 Å². The lowest BCUT2D eigenvalue weighted by Gasteiger charge is -2.41. The fourth-order valence-electron chi connectivity index (χ4n) is 6.57. The van der Waals surface area contributed by atoms with E-state index in [4.69, 9.17) is 22.3 Å². The monoisotopic (exact) mass is 569 g/mol. The molecule has 2 fully saturated rings. The molecule has 10 heteroatoms. The van der Waals surface area contributed by atoms with Crippen LogP contribution in [0.25, 0.3) is 33.2 Å². The third-order valence-corrected chi connectivity index (χ3v) is 9.47. The van der Waals surface area contributed by atoms with E-state index >= 15 is 0 Å². The van der Waals surface area contributed by atoms with Crippen LogP contribution >= 0.6 is 11.6 Å². The maximum atomic E-state index is 6.46. The Morgan fingerprint density at radius 1 is 0.951 bits per heavy atom. The molecule has 1 aliphatic carbocycles. The molecule has 7 rings (SSSR count). The van der Waals surface area contributed by atoms with Crippen molar-refractivity contribution >= 4 is 51.1 Å². The minimum Gasteiger partial charge on any atom is -0.383 e. The van der Waals surface area contributed by atoms with E-state index in [0.29, 0.717) is 28.9 Å². The van der Waals surface area contributed by atoms with Gasteiger partial charge >= 0.3 is 0 Å². The first-order valence-corrected chi connectivity index (χ1v) is 14.9. The van der Waals surface area contributed by atoms with Crippen molar-refractivity contribution in [3.05, 3.63) is 59.5 Å². The number of H-pyrrole nitrogens is 1. The molecule has 212 valence electrons. The van der Waals surface area contributed by atoms with Gasteiger partial charge in [0.25, 0.3) is 0 Å². The lowest BCUT2D eigenvalue weighted by atomic mass is 9.89. The largest absolute Gasteiger partial charge is 0.383 e. The molecular formula is C31H36ClN9. The number of nitrogens with zero attached hydrogens (tertiary/aromatic N) is 6. The predicted octanol–water partition coefficient (Wildman–Crippen LogP) is 5.99. The van der Waals surface area contributed by atoms with Crippen LogP contribution < -0.4 is 11.1 Å². The Bertz CT molecular complexity index is 1690. The van der Waals surface area contributed by atoms with E-state index in [0.717, 1.165) is 57.3 Å². The van der Waals surface area contributed by atoms with Gasteiger partial charge < -0.3 is 25.5 Å². The number of anilines is 3. The van der Waals surface area contributed by atoms with Crippen LogP contribution in [-0.2, 0) is 0 Å². The Labute approximate surface area is 244 Å². The number of rotatable bonds is 5. The number of nitrogens with two attached hydrogens (primary N) is 1. The van der Waals surface area contributed by atoms with Crippen LogP contribution in [0.2, 0.25) is 5.02 Å². The molecule has 0 unspecified atom stereocenters. The summed E-state index contributed by atoms with van der Waals surface area (Å²) < 4.78 is 2.36. The van der Waals surface area contributed by atoms with Crippen molar-refractivity contribution in [1.29, 1.82) is 0 Å². The van der Waals surface area contributed by atoms with Crippen molar-refractivity contribution in [2.75, 3.05) is 44.3 Å². The summed E-state index contributed by atoms with van der Waals surface area (Å²) in [4.78, 5) is 22.1. The van der Waals surface area contributed by atoms with Crippen molar-refractivity contribution in [1.82, 2.24) is 34.3 Å². The number of nitrogen functional groups attached to an aromatic ring is 1. The number of nitrogens with one attached hydrogen (secondary N) is 2. The second-order valence-electron chi connectivity index (χ2n) is 11.6. The van der Waals surface area contributed by atoms with E-state index in [2.05, 4.69) is 72.1 Å². The Morgan fingerprint density at radius 3 is 2.44 bits per heavy atom. The van der Waals surface area contributed by atoms with Crippen molar-refractivity contribution < 1.29 is 0 Å². The summed E-state index contributed by atoms with van der Waals surface area (Å²) in [5, 5.41) is 4.97. The average molecular weight is 570 g/mol. The van der Waals surface area contributed by atoms with Crippen molar-refractivity contribution in [2.24, 2.45) is 0 Å². The molecule has 1 aliphatic heterocycles. The Kier molecular flexibility index (Phi) is 6.81. The highest BCUT2D eigenvalue weighted by Crippen LogP contribution is 2.39. The van der Waals surface area contributed by atoms with Gasteiger partial charge in [0.1, 0.15) is 23.3 Å². The van der Waals surface area contributed by atoms with E-state index < -0.39 is 0 Å². The normalized spacial score (nSPS) is 20.7. The summed E-state index contributed by atoms with van der Waals surface area (Å²) in [6.07, 6.45) is 8.56. The van der Waals surface area contributed by atoms with E-state index in [9.17, 15) is 0 Å². The second kappa shape index (κ2) is 10.6. The summed E-state index contributed by atoms with van der Waals surface area (Å²) in [5.41, 5.74) is 13.1. The SMILES string of the molecule is Cc1ccc2[nH]c(Nc3ccc(-c4cn([C@H]5CC[C@@H](N6CCN(C)CC6)CC5)c5ncnc(N)c45)cc3)nc2c1Cl. The number of hydrogen-bond acceptors (Lipinski definition) is 7. The van der Waals surface area contributed by atoms with Crippen molar-refractivity contribution in [3.8, 4) is 11.1 Å². The first-order valence-electron chi connectivity index (χ1n) is 14.5. The lowest BCUT2D eigenvalue weighted by molar-refractivity contribution is 0.0828. The number of hydrogen-bond donors (Lipinski definition) is 3. The third kappa shape index (κ3) is 4.92. The molecule has 4 heterocycles. The number of aromatic amines is 1. The number of fused-ring (bicyclic) bond motifs is 2. The maximum Gasteiger partial charge on any atom is 0.205 e. The van der Waals surface area contributed by atoms with Crippen LogP contribution in [0.1, 0.15) is 37.3 Å². The summed E-state index contributed by atoms with van der Waals surface area (Å²) in [6, 6.07) is 13.4. The zero-order valence-corrected chi connectivity index (χ0v) is 24.3. The molecule has 1 saturated heterocycles. The molecule has 5 aromatic rings. The van der Waals surface area contributed by atoms with Gasteiger partial charge in [0, 0.05) is 55.7 Å². The van der Waals surface area contributed by atoms with Crippen LogP contribution in [0.3, 0.4) is 0 Å². The lowest BCUT2D eigenvalue weighted by Crippen LogP contribution is -2.49. The van der Waals surface area contributed by atoms with Gasteiger partial charge in [0.05, 0.1) is 15.9 Å². The summed E-state index contributed by atoms with van der Waals surface area (Å²) >= 11 is 6.46. The van der Waals surface area contributed by atoms with Gasteiger partial charge in [-0.15, -0.1) is 0 Å². The topological polar surface area (TPSA) is 104 Å². The van der Waals surface area contributed by atoms with Crippen LogP contribution in [0, 0.1) is 6.92 Å². The van der Waals surface area contributed by atoms with E-state index in [1.54, 1.807) is 6.33 Å². The van der Waals surface area contributed by atoms with Crippen LogP contribution in [-0.4, -0.2) is 73.6 Å². The highest BCUT2D eigenvalue weighted by molar-refractivity contribution is 6.35. The first kappa shape index (κ1) is 26.3. The Morgan fingerprint density at radius 2 is 1.68 bits per heavy atom. The van der Waals surface area contributed by atoms with Gasteiger partial charge in [0.15, 0.2) is 0 Å². The molecule has 2 aromatic carbocycles. The zero-order chi connectivity index (χ0) is 28.1. The van der Waals surface area contributed by atoms with Crippen LogP contribution in [0.5, 0.6) is 0 Å². The third-order valence-electron chi connectivity index (χ3n) is 9.00. The highest BCUT2D eigenvalue weighted by atomic mass is 35.5. The molecular weight excluding hydrogens is 534 g/mol. The van der Waals surface area contributed by atoms with Gasteiger partial charge in [-0.2, -0.15) is 0 Å². The van der Waals surface area contributed by atoms with Crippen LogP contribution in [0.15, 0.2) is 48.9 Å². The van der Waals surface area contributed by atoms with Gasteiger partial charge in [0.2, 0.25) is 5.95 Å². The predicted molar refractivity (Wildman–Crippen MR) is 167 cm³/mol. The highest BCUT2D eigenvalue weighted by Gasteiger charge is 2.30. The molecule has 0 atom stereocenters. The number of aromatic nitrogens is 5. The van der Waals surface area contributed by atoms with Crippen LogP contribution in [0.4, 0.5) is 17.5 Å². The first-order chi connectivity index (χ1) is 19.9. The maximum absolute atomic E-state index is 6.46. The average Bonchev–Trinajstić information content (AvgIpc) is 3.59. The summed E-state index contributed by atoms with van der Waals surface area (Å²) in [6.45, 7) is 6.68. The molecule has 1 saturated carbocycles. The number of aryl methyl sites for hydroxylation is 1. The second-order valence-corrected chi connectivity index (χ2v) is 12.0.